The first-order valence-electron chi connectivity index (χ1n) is 36.6. The largest absolute Gasteiger partial charge is 0.309 e. The Hall–Kier alpha value is -14.4. The van der Waals surface area contributed by atoms with Crippen LogP contribution in [0, 0.1) is 13.8 Å². The molecule has 0 atom stereocenters. The number of aromatic nitrogens is 9. The molecule has 0 aliphatic rings. The van der Waals surface area contributed by atoms with E-state index in [0.717, 1.165) is 95.2 Å². The average molecular weight is 1380 g/mol. The number of rotatable bonds is 11. The average Bonchev–Trinajstić information content (AvgIpc) is 1.57. The van der Waals surface area contributed by atoms with Gasteiger partial charge in [-0.1, -0.05) is 249 Å². The zero-order valence-corrected chi connectivity index (χ0v) is 59.2. The van der Waals surface area contributed by atoms with Gasteiger partial charge >= 0.3 is 0 Å². The van der Waals surface area contributed by atoms with Crippen molar-refractivity contribution in [3.63, 3.8) is 0 Å². The Morgan fingerprint density at radius 3 is 0.981 bits per heavy atom. The molecule has 0 spiro atoms. The Morgan fingerprint density at radius 1 is 0.185 bits per heavy atom. The summed E-state index contributed by atoms with van der Waals surface area (Å²) in [6.07, 6.45) is 0. The smallest absolute Gasteiger partial charge is 0.164 e. The SMILES string of the molecule is Cc1cc(-n2c3ccccc3c3cc(-n4c5ccccc5c5ccccc54)ccc32)c(C)cc1-c1nc(-c2ccccc2)nc(-c2ccccc2)n1.c1ccc(-c2cccc(-c3cc(-c4ccccc4)nc(-c4ccc(-n5c6ccccc6c6cc(-n7c8ccccc8c8ccccc87)ccc65)cc4)n3)c2)cc1. The second-order valence-corrected chi connectivity index (χ2v) is 27.7. The van der Waals surface area contributed by atoms with Crippen LogP contribution in [0.25, 0.3) is 189 Å². The molecule has 508 valence electrons. The van der Waals surface area contributed by atoms with Crippen LogP contribution in [0.5, 0.6) is 0 Å². The minimum atomic E-state index is 0.659. The maximum atomic E-state index is 5.18. The van der Waals surface area contributed by atoms with Crippen molar-refractivity contribution in [3.05, 3.63) is 381 Å². The minimum absolute atomic E-state index is 0.659. The van der Waals surface area contributed by atoms with Crippen LogP contribution in [0.1, 0.15) is 11.1 Å². The van der Waals surface area contributed by atoms with Gasteiger partial charge in [-0.2, -0.15) is 0 Å². The maximum Gasteiger partial charge on any atom is 0.164 e. The molecular weight excluding hydrogens is 1320 g/mol. The van der Waals surface area contributed by atoms with E-state index in [2.05, 4.69) is 329 Å². The Kier molecular flexibility index (Phi) is 15.5. The van der Waals surface area contributed by atoms with Crippen LogP contribution in [0.4, 0.5) is 0 Å². The van der Waals surface area contributed by atoms with Crippen LogP contribution in [0.3, 0.4) is 0 Å². The fourth-order valence-corrected chi connectivity index (χ4v) is 16.1. The molecule has 0 bridgehead atoms. The lowest BCUT2D eigenvalue weighted by Crippen LogP contribution is -2.03. The highest BCUT2D eigenvalue weighted by Crippen LogP contribution is 2.42. The third-order valence-electron chi connectivity index (χ3n) is 21.2. The molecule has 0 aliphatic carbocycles. The molecule has 0 N–H and O–H groups in total. The highest BCUT2D eigenvalue weighted by atomic mass is 15.0. The number of benzene rings is 15. The number of hydrogen-bond acceptors (Lipinski definition) is 5. The molecule has 6 aromatic heterocycles. The van der Waals surface area contributed by atoms with Crippen LogP contribution >= 0.6 is 0 Å². The number of nitrogens with zero attached hydrogens (tertiary/aromatic N) is 9. The maximum absolute atomic E-state index is 5.18. The van der Waals surface area contributed by atoms with Gasteiger partial charge in [-0.05, 0) is 157 Å². The van der Waals surface area contributed by atoms with Gasteiger partial charge in [0, 0.05) is 99.2 Å². The molecule has 15 aromatic carbocycles. The van der Waals surface area contributed by atoms with Crippen molar-refractivity contribution < 1.29 is 0 Å². The Bertz CT molecular complexity index is 6890. The predicted molar refractivity (Wildman–Crippen MR) is 447 cm³/mol. The number of aryl methyl sites for hydroxylation is 2. The van der Waals surface area contributed by atoms with Gasteiger partial charge in [-0.15, -0.1) is 0 Å². The van der Waals surface area contributed by atoms with E-state index in [1.807, 2.05) is 72.8 Å². The van der Waals surface area contributed by atoms with Crippen molar-refractivity contribution in [1.82, 2.24) is 43.2 Å². The summed E-state index contributed by atoms with van der Waals surface area (Å²) in [5.41, 5.74) is 26.3. The highest BCUT2D eigenvalue weighted by molar-refractivity contribution is 6.14. The van der Waals surface area contributed by atoms with Crippen molar-refractivity contribution in [2.24, 2.45) is 0 Å². The zero-order valence-electron chi connectivity index (χ0n) is 59.2. The molecule has 0 radical (unpaired) electrons. The Balaban J connectivity index is 0.000000143. The first kappa shape index (κ1) is 63.3. The van der Waals surface area contributed by atoms with Gasteiger partial charge in [0.25, 0.3) is 0 Å². The van der Waals surface area contributed by atoms with Crippen molar-refractivity contribution in [1.29, 1.82) is 0 Å². The van der Waals surface area contributed by atoms with Gasteiger partial charge in [0.05, 0.1) is 55.5 Å². The van der Waals surface area contributed by atoms with E-state index in [4.69, 9.17) is 24.9 Å². The molecule has 9 heteroatoms. The summed E-state index contributed by atoms with van der Waals surface area (Å²) in [5.74, 6) is 2.67. The summed E-state index contributed by atoms with van der Waals surface area (Å²) in [6, 6.07) is 131. The molecule has 0 saturated carbocycles. The van der Waals surface area contributed by atoms with Crippen LogP contribution in [-0.4, -0.2) is 43.2 Å². The van der Waals surface area contributed by atoms with Gasteiger partial charge in [-0.25, -0.2) is 24.9 Å². The van der Waals surface area contributed by atoms with E-state index in [1.165, 1.54) is 81.8 Å². The Labute approximate surface area is 623 Å². The first-order valence-corrected chi connectivity index (χ1v) is 36.6. The van der Waals surface area contributed by atoms with Gasteiger partial charge in [0.2, 0.25) is 0 Å². The lowest BCUT2D eigenvalue weighted by atomic mass is 10.0. The van der Waals surface area contributed by atoms with Crippen LogP contribution in [0.2, 0.25) is 0 Å². The van der Waals surface area contributed by atoms with Gasteiger partial charge in [0.15, 0.2) is 23.3 Å². The van der Waals surface area contributed by atoms with E-state index in [-0.39, 0.29) is 0 Å². The fourth-order valence-electron chi connectivity index (χ4n) is 16.1. The molecule has 6 heterocycles. The van der Waals surface area contributed by atoms with Gasteiger partial charge < -0.3 is 18.3 Å². The topological polar surface area (TPSA) is 84.2 Å². The second-order valence-electron chi connectivity index (χ2n) is 27.7. The van der Waals surface area contributed by atoms with E-state index in [9.17, 15) is 0 Å². The summed E-state index contributed by atoms with van der Waals surface area (Å²) in [5, 5.41) is 9.91. The molecule has 9 nitrogen and oxygen atoms in total. The standard InChI is InChI=1S/C52H34N4.C47H33N5/c1-3-14-35(15-4-1)38-18-13-19-39(32-38)47-34-46(36-16-5-2-6-17-36)53-52(54-47)37-26-28-40(29-27-37)55-50-25-12-9-22-44(50)45-33-41(30-31-51(45)55)56-48-23-10-7-20-42(48)43-21-8-11-24-49(43)56;1-30-28-44(31(2)27-38(30)47-49-45(32-15-5-3-6-16-32)48-46(50-47)33-17-7-4-8-18-33)52-42-24-14-11-21-37(42)39-29-34(25-26-43(39)52)51-40-22-12-9-19-35(40)36-20-10-13-23-41(36)51/h1-34H;3-29H,1-2H3. The van der Waals surface area contributed by atoms with Crippen molar-refractivity contribution in [2.45, 2.75) is 13.8 Å². The normalized spacial score (nSPS) is 11.6. The summed E-state index contributed by atoms with van der Waals surface area (Å²) in [4.78, 5) is 25.3. The highest BCUT2D eigenvalue weighted by Gasteiger charge is 2.23. The zero-order chi connectivity index (χ0) is 71.8. The molecule has 0 fully saturated rings. The van der Waals surface area contributed by atoms with Crippen molar-refractivity contribution in [3.8, 4) is 102 Å². The fraction of sp³-hybridized carbons (Fsp3) is 0.0202. The van der Waals surface area contributed by atoms with Gasteiger partial charge in [-0.3, -0.25) is 0 Å². The molecule has 0 unspecified atom stereocenters. The summed E-state index contributed by atoms with van der Waals surface area (Å²) >= 11 is 0. The minimum Gasteiger partial charge on any atom is -0.309 e. The first-order chi connectivity index (χ1) is 53.4. The van der Waals surface area contributed by atoms with Crippen LogP contribution < -0.4 is 0 Å². The number of para-hydroxylation sites is 6. The molecule has 0 amide bonds. The van der Waals surface area contributed by atoms with Crippen LogP contribution in [-0.2, 0) is 0 Å². The van der Waals surface area contributed by atoms with Crippen molar-refractivity contribution in [2.75, 3.05) is 0 Å². The number of fused-ring (bicyclic) bond motifs is 12. The van der Waals surface area contributed by atoms with E-state index in [1.54, 1.807) is 0 Å². The molecular formula is C99H67N9. The summed E-state index contributed by atoms with van der Waals surface area (Å²) in [6.45, 7) is 4.34. The third-order valence-corrected chi connectivity index (χ3v) is 21.2. The summed E-state index contributed by atoms with van der Waals surface area (Å²) in [7, 11) is 0. The number of hydrogen-bond donors (Lipinski definition) is 0. The molecule has 21 aromatic rings. The summed E-state index contributed by atoms with van der Waals surface area (Å²) < 4.78 is 9.56. The van der Waals surface area contributed by atoms with E-state index in [0.29, 0.717) is 23.3 Å². The quantitative estimate of drug-likeness (QED) is 0.129. The molecule has 108 heavy (non-hydrogen) atoms. The third kappa shape index (κ3) is 11.0. The predicted octanol–water partition coefficient (Wildman–Crippen LogP) is 25.0. The Morgan fingerprint density at radius 2 is 0.509 bits per heavy atom. The second kappa shape index (κ2) is 26.4. The lowest BCUT2D eigenvalue weighted by Gasteiger charge is -2.16. The molecule has 0 saturated heterocycles. The van der Waals surface area contributed by atoms with Crippen molar-refractivity contribution >= 4 is 87.2 Å². The van der Waals surface area contributed by atoms with E-state index >= 15 is 0 Å². The lowest BCUT2D eigenvalue weighted by molar-refractivity contribution is 1.07. The van der Waals surface area contributed by atoms with E-state index < -0.39 is 0 Å². The molecule has 21 rings (SSSR count). The molecule has 0 aliphatic heterocycles. The monoisotopic (exact) mass is 1380 g/mol. The van der Waals surface area contributed by atoms with Gasteiger partial charge in [0.1, 0.15) is 0 Å². The van der Waals surface area contributed by atoms with Crippen LogP contribution in [0.15, 0.2) is 370 Å².